The lowest BCUT2D eigenvalue weighted by molar-refractivity contribution is -0.127. The number of nitrogens with one attached hydrogen (secondary N) is 1. The summed E-state index contributed by atoms with van der Waals surface area (Å²) in [6.45, 7) is 0.680. The van der Waals surface area contributed by atoms with E-state index in [-0.39, 0.29) is 17.9 Å². The molecular formula is C23H21Cl2N3O4. The van der Waals surface area contributed by atoms with Crippen molar-refractivity contribution in [1.82, 2.24) is 4.90 Å². The number of aliphatic hydroxyl groups is 1. The van der Waals surface area contributed by atoms with Crippen molar-refractivity contribution in [2.24, 2.45) is 11.8 Å². The van der Waals surface area contributed by atoms with E-state index in [1.54, 1.807) is 36.4 Å². The molecule has 2 aromatic rings. The van der Waals surface area contributed by atoms with E-state index < -0.39 is 23.6 Å². The predicted octanol–water partition coefficient (Wildman–Crippen LogP) is 3.23. The number of imide groups is 1. The van der Waals surface area contributed by atoms with Crippen LogP contribution in [0.25, 0.3) is 0 Å². The van der Waals surface area contributed by atoms with Crippen LogP contribution in [0.3, 0.4) is 0 Å². The summed E-state index contributed by atoms with van der Waals surface area (Å²) in [5.74, 6) is -1.33. The molecule has 1 spiro atoms. The molecule has 0 aromatic heterocycles. The minimum atomic E-state index is -1.12. The molecule has 9 heteroatoms. The van der Waals surface area contributed by atoms with Crippen LogP contribution in [-0.4, -0.2) is 47.7 Å². The number of fused-ring (bicyclic) bond motifs is 7. The molecule has 0 bridgehead atoms. The number of rotatable bonds is 2. The van der Waals surface area contributed by atoms with Crippen molar-refractivity contribution in [3.05, 3.63) is 52.0 Å². The van der Waals surface area contributed by atoms with Gasteiger partial charge in [0.05, 0.1) is 35.3 Å². The summed E-state index contributed by atoms with van der Waals surface area (Å²) >= 11 is 12.8. The average Bonchev–Trinajstić information content (AvgIpc) is 3.47. The van der Waals surface area contributed by atoms with Gasteiger partial charge in [0.15, 0.2) is 0 Å². The van der Waals surface area contributed by atoms with Crippen LogP contribution >= 0.6 is 23.2 Å². The number of carbonyl (C=O) groups excluding carboxylic acids is 2. The third-order valence-corrected chi connectivity index (χ3v) is 8.03. The Labute approximate surface area is 194 Å². The molecule has 3 fully saturated rings. The molecule has 166 valence electrons. The van der Waals surface area contributed by atoms with Gasteiger partial charge in [-0.05, 0) is 43.7 Å². The maximum Gasteiger partial charge on any atom is 0.240 e. The Morgan fingerprint density at radius 1 is 1.19 bits per heavy atom. The van der Waals surface area contributed by atoms with Gasteiger partial charge in [-0.2, -0.15) is 0 Å². The number of hydrogen-bond donors (Lipinski definition) is 2. The first-order valence-electron chi connectivity index (χ1n) is 10.6. The Balaban J connectivity index is 1.55. The van der Waals surface area contributed by atoms with Crippen LogP contribution in [0.5, 0.6) is 5.75 Å². The summed E-state index contributed by atoms with van der Waals surface area (Å²) in [7, 11) is 1.54. The second-order valence-electron chi connectivity index (χ2n) is 8.80. The lowest BCUT2D eigenvalue weighted by Crippen LogP contribution is -2.56. The maximum absolute atomic E-state index is 13.9. The number of anilines is 2. The fraction of sp³-hybridized carbons (Fsp3) is 0.391. The molecule has 5 unspecified atom stereocenters. The minimum Gasteiger partial charge on any atom is -0.497 e. The summed E-state index contributed by atoms with van der Waals surface area (Å²) in [4.78, 5) is 31.1. The van der Waals surface area contributed by atoms with E-state index >= 15 is 0 Å². The molecule has 32 heavy (non-hydrogen) atoms. The van der Waals surface area contributed by atoms with Crippen molar-refractivity contribution < 1.29 is 19.4 Å². The van der Waals surface area contributed by atoms with E-state index in [1.165, 1.54) is 12.0 Å². The van der Waals surface area contributed by atoms with E-state index in [9.17, 15) is 14.7 Å². The van der Waals surface area contributed by atoms with Crippen LogP contribution in [0, 0.1) is 11.8 Å². The van der Waals surface area contributed by atoms with E-state index in [0.717, 1.165) is 12.8 Å². The van der Waals surface area contributed by atoms with Crippen LogP contribution < -0.4 is 15.0 Å². The number of carbonyl (C=O) groups is 2. The van der Waals surface area contributed by atoms with Crippen molar-refractivity contribution in [2.45, 2.75) is 30.7 Å². The Bertz CT molecular complexity index is 1170. The van der Waals surface area contributed by atoms with Crippen molar-refractivity contribution in [1.29, 1.82) is 0 Å². The van der Waals surface area contributed by atoms with Crippen LogP contribution in [0.2, 0.25) is 10.0 Å². The molecular weight excluding hydrogens is 453 g/mol. The third kappa shape index (κ3) is 2.34. The Morgan fingerprint density at radius 3 is 2.78 bits per heavy atom. The number of amides is 2. The smallest absolute Gasteiger partial charge is 0.240 e. The summed E-state index contributed by atoms with van der Waals surface area (Å²) in [5, 5.41) is 15.3. The summed E-state index contributed by atoms with van der Waals surface area (Å²) in [6.07, 6.45) is 0.558. The van der Waals surface area contributed by atoms with Gasteiger partial charge in [0.2, 0.25) is 11.8 Å². The molecule has 0 aliphatic carbocycles. The highest BCUT2D eigenvalue weighted by atomic mass is 35.5. The van der Waals surface area contributed by atoms with Crippen molar-refractivity contribution in [3.8, 4) is 5.75 Å². The van der Waals surface area contributed by atoms with Crippen molar-refractivity contribution in [3.63, 3.8) is 0 Å². The number of benzene rings is 2. The molecule has 4 heterocycles. The number of nitrogens with zero attached hydrogens (tertiary/aromatic N) is 2. The number of halogens is 2. The fourth-order valence-corrected chi connectivity index (χ4v) is 6.98. The predicted molar refractivity (Wildman–Crippen MR) is 120 cm³/mol. The second kappa shape index (κ2) is 6.84. The highest BCUT2D eigenvalue weighted by Gasteiger charge is 2.74. The van der Waals surface area contributed by atoms with Gasteiger partial charge in [-0.3, -0.25) is 14.5 Å². The lowest BCUT2D eigenvalue weighted by atomic mass is 9.75. The SMILES string of the molecule is COc1cccc(N2C(=O)C3C4CCCN4C4(c5cc(Cl)cc(Cl)c5NC4O)C3C2=O)c1. The summed E-state index contributed by atoms with van der Waals surface area (Å²) < 4.78 is 5.29. The number of methoxy groups -OCH3 is 1. The largest absolute Gasteiger partial charge is 0.497 e. The monoisotopic (exact) mass is 473 g/mol. The first-order valence-corrected chi connectivity index (χ1v) is 11.4. The molecule has 2 aromatic carbocycles. The third-order valence-electron chi connectivity index (χ3n) is 7.51. The first-order chi connectivity index (χ1) is 15.4. The highest BCUT2D eigenvalue weighted by molar-refractivity contribution is 6.37. The average molecular weight is 474 g/mol. The molecule has 4 aliphatic heterocycles. The zero-order chi connectivity index (χ0) is 22.4. The minimum absolute atomic E-state index is 0.146. The molecule has 2 N–H and O–H groups in total. The molecule has 0 radical (unpaired) electrons. The van der Waals surface area contributed by atoms with Gasteiger partial charge in [-0.25, -0.2) is 4.90 Å². The normalized spacial score (nSPS) is 32.9. The molecule has 4 aliphatic rings. The fourth-order valence-electron chi connectivity index (χ4n) is 6.43. The standard InChI is InChI=1S/C23H21Cl2N3O4/c1-32-13-5-2-4-12(10-13)28-20(29)17-16-6-3-7-27(16)23(18(17)21(28)30)14-8-11(24)9-15(25)19(14)26-22(23)31/h2,4-5,8-10,16-18,22,26,31H,3,6-7H2,1H3. The summed E-state index contributed by atoms with van der Waals surface area (Å²) in [5.41, 5.74) is 0.597. The molecule has 5 atom stereocenters. The van der Waals surface area contributed by atoms with Gasteiger partial charge >= 0.3 is 0 Å². The van der Waals surface area contributed by atoms with Crippen molar-refractivity contribution >= 4 is 46.4 Å². The van der Waals surface area contributed by atoms with Gasteiger partial charge in [0.1, 0.15) is 17.5 Å². The Morgan fingerprint density at radius 2 is 2.00 bits per heavy atom. The number of ether oxygens (including phenoxy) is 1. The van der Waals surface area contributed by atoms with E-state index in [0.29, 0.717) is 39.3 Å². The number of hydrogen-bond acceptors (Lipinski definition) is 6. The quantitative estimate of drug-likeness (QED) is 0.651. The zero-order valence-corrected chi connectivity index (χ0v) is 18.7. The van der Waals surface area contributed by atoms with Gasteiger partial charge in [-0.1, -0.05) is 29.3 Å². The topological polar surface area (TPSA) is 82.1 Å². The molecule has 2 amide bonds. The second-order valence-corrected chi connectivity index (χ2v) is 9.65. The van der Waals surface area contributed by atoms with Crippen LogP contribution in [0.1, 0.15) is 18.4 Å². The van der Waals surface area contributed by atoms with Crippen LogP contribution in [0.15, 0.2) is 36.4 Å². The molecule has 3 saturated heterocycles. The Hall–Kier alpha value is -2.32. The van der Waals surface area contributed by atoms with Crippen LogP contribution in [-0.2, 0) is 15.1 Å². The number of aliphatic hydroxyl groups excluding tert-OH is 1. The highest BCUT2D eigenvalue weighted by Crippen LogP contribution is 2.63. The van der Waals surface area contributed by atoms with Gasteiger partial charge in [0, 0.05) is 22.7 Å². The van der Waals surface area contributed by atoms with Crippen LogP contribution in [0.4, 0.5) is 11.4 Å². The molecule has 0 saturated carbocycles. The molecule has 6 rings (SSSR count). The first kappa shape index (κ1) is 20.3. The van der Waals surface area contributed by atoms with Gasteiger partial charge < -0.3 is 15.2 Å². The zero-order valence-electron chi connectivity index (χ0n) is 17.2. The van der Waals surface area contributed by atoms with Gasteiger partial charge in [0.25, 0.3) is 0 Å². The van der Waals surface area contributed by atoms with E-state index in [4.69, 9.17) is 27.9 Å². The van der Waals surface area contributed by atoms with Crippen molar-refractivity contribution in [2.75, 3.05) is 23.9 Å². The summed E-state index contributed by atoms with van der Waals surface area (Å²) in [6, 6.07) is 10.1. The lowest BCUT2D eigenvalue weighted by Gasteiger charge is -2.41. The molecule has 7 nitrogen and oxygen atoms in total. The van der Waals surface area contributed by atoms with E-state index in [2.05, 4.69) is 10.2 Å². The maximum atomic E-state index is 13.9. The Kier molecular flexibility index (Phi) is 4.34. The van der Waals surface area contributed by atoms with Gasteiger partial charge in [-0.15, -0.1) is 0 Å². The van der Waals surface area contributed by atoms with E-state index in [1.807, 2.05) is 0 Å².